The average Bonchev–Trinajstić information content (AvgIpc) is 3.45. The first kappa shape index (κ1) is 66.2. The number of hydrogen-bond acceptors (Lipinski definition) is 21. The van der Waals surface area contributed by atoms with Gasteiger partial charge in [-0.1, -0.05) is 68.4 Å². The highest BCUT2D eigenvalue weighted by Gasteiger charge is 2.59. The van der Waals surface area contributed by atoms with Crippen LogP contribution in [0.2, 0.25) is 0 Å². The largest absolute Gasteiger partial charge is 0.450 e. The first-order chi connectivity index (χ1) is 36.7. The number of carbonyl (C=O) groups is 1. The predicted octanol–water partition coefficient (Wildman–Crippen LogP) is 3.20. The van der Waals surface area contributed by atoms with Crippen molar-refractivity contribution in [1.82, 2.24) is 0 Å². The van der Waals surface area contributed by atoms with Gasteiger partial charge in [0.05, 0.1) is 79.4 Å². The molecular weight excluding hydrogens is 1020 g/mol. The minimum absolute atomic E-state index is 0.000159. The molecule has 0 amide bonds. The molecule has 21 nitrogen and oxygen atoms in total. The van der Waals surface area contributed by atoms with Crippen LogP contribution in [0.5, 0.6) is 0 Å². The summed E-state index contributed by atoms with van der Waals surface area (Å²) in [7, 11) is 5.78. The Balaban J connectivity index is 1.39. The van der Waals surface area contributed by atoms with E-state index in [9.17, 15) is 45.6 Å². The van der Waals surface area contributed by atoms with Crippen LogP contribution in [0.25, 0.3) is 0 Å². The minimum atomic E-state index is -2.53. The van der Waals surface area contributed by atoms with E-state index in [1.807, 2.05) is 38.2 Å². The molecule has 5 rings (SSSR count). The standard InChI is InChI=1S/C57H94O21/c1-29-17-16-20-39(58)43(68-12)25-40(59)53(77-54(64)32(4)23-30(2)18-15-19-31(3)41(22-21-29)75-55-50(63)49(62)51(70-14)36(8)73-55)57(66)34(6)47(60)33(5)42(78-57)24-38(28-67-11)74-46-27-56(10,65)52(37(9)72-46)76-45-26-44(69-13)48(61)35(7)71-45/h15,17-19,21-23,31,33-53,55,58-63,65-66H,16,20,24-28H2,1-14H3. The maximum absolute atomic E-state index is 14.2. The molecule has 0 saturated carbocycles. The molecule has 5 aliphatic heterocycles. The van der Waals surface area contributed by atoms with Crippen LogP contribution in [-0.4, -0.2) is 216 Å². The highest BCUT2D eigenvalue weighted by molar-refractivity contribution is 5.88. The summed E-state index contributed by atoms with van der Waals surface area (Å²) in [5.41, 5.74) is 0.0698. The third-order valence-corrected chi connectivity index (χ3v) is 16.1. The molecule has 0 aromatic heterocycles. The zero-order valence-corrected chi connectivity index (χ0v) is 48.2. The Morgan fingerprint density at radius 3 is 2.06 bits per heavy atom. The number of aliphatic hydroxyl groups is 8. The minimum Gasteiger partial charge on any atom is -0.450 e. The highest BCUT2D eigenvalue weighted by atomic mass is 16.7. The Morgan fingerprint density at radius 1 is 0.744 bits per heavy atom. The Morgan fingerprint density at radius 2 is 1.42 bits per heavy atom. The van der Waals surface area contributed by atoms with Crippen molar-refractivity contribution < 1.29 is 102 Å². The number of allylic oxidation sites excluding steroid dienone is 7. The summed E-state index contributed by atoms with van der Waals surface area (Å²) in [5, 5.41) is 92.6. The predicted molar refractivity (Wildman–Crippen MR) is 283 cm³/mol. The van der Waals surface area contributed by atoms with Gasteiger partial charge < -0.3 is 97.7 Å². The second-order valence-corrected chi connectivity index (χ2v) is 22.5. The normalized spacial score (nSPS) is 44.6. The van der Waals surface area contributed by atoms with Crippen molar-refractivity contribution in [1.29, 1.82) is 0 Å². The lowest BCUT2D eigenvalue weighted by Gasteiger charge is -2.52. The summed E-state index contributed by atoms with van der Waals surface area (Å²) in [6.07, 6.45) is -6.89. The molecule has 0 spiro atoms. The van der Waals surface area contributed by atoms with Crippen LogP contribution in [0.4, 0.5) is 0 Å². The van der Waals surface area contributed by atoms with Crippen LogP contribution in [0, 0.1) is 17.8 Å². The van der Waals surface area contributed by atoms with Gasteiger partial charge in [0.15, 0.2) is 25.0 Å². The van der Waals surface area contributed by atoms with Crippen LogP contribution in [-0.2, 0) is 61.6 Å². The van der Waals surface area contributed by atoms with Gasteiger partial charge in [0.25, 0.3) is 0 Å². The molecule has 0 bridgehead atoms. The van der Waals surface area contributed by atoms with Gasteiger partial charge in [0, 0.05) is 77.4 Å². The molecule has 25 atom stereocenters. The van der Waals surface area contributed by atoms with Crippen LogP contribution in [0.15, 0.2) is 59.3 Å². The fraction of sp³-hybridized carbons (Fsp3) is 0.807. The van der Waals surface area contributed by atoms with Crippen molar-refractivity contribution in [3.05, 3.63) is 59.3 Å². The molecule has 5 heterocycles. The number of aliphatic hydroxyl groups excluding tert-OH is 6. The maximum atomic E-state index is 14.2. The second kappa shape index (κ2) is 29.6. The average molecular weight is 1120 g/mol. The zero-order chi connectivity index (χ0) is 58.0. The Bertz CT molecular complexity index is 2030. The lowest BCUT2D eigenvalue weighted by Crippen LogP contribution is -2.66. The monoisotopic (exact) mass is 1110 g/mol. The molecule has 0 aromatic carbocycles. The molecule has 0 aromatic rings. The molecule has 78 heavy (non-hydrogen) atoms. The summed E-state index contributed by atoms with van der Waals surface area (Å²) in [4.78, 5) is 14.2. The molecule has 4 fully saturated rings. The molecule has 8 N–H and O–H groups in total. The molecule has 5 aliphatic rings. The van der Waals surface area contributed by atoms with E-state index >= 15 is 0 Å². The molecule has 0 aliphatic carbocycles. The van der Waals surface area contributed by atoms with Gasteiger partial charge in [-0.2, -0.15) is 0 Å². The van der Waals surface area contributed by atoms with Crippen molar-refractivity contribution in [3.63, 3.8) is 0 Å². The molecule has 448 valence electrons. The van der Waals surface area contributed by atoms with Crippen molar-refractivity contribution in [2.45, 2.75) is 242 Å². The third kappa shape index (κ3) is 16.8. The van der Waals surface area contributed by atoms with Gasteiger partial charge in [-0.15, -0.1) is 0 Å². The van der Waals surface area contributed by atoms with Crippen molar-refractivity contribution in [2.24, 2.45) is 17.8 Å². The van der Waals surface area contributed by atoms with E-state index in [1.54, 1.807) is 59.8 Å². The molecule has 4 saturated heterocycles. The lowest BCUT2D eigenvalue weighted by molar-refractivity contribution is -0.366. The van der Waals surface area contributed by atoms with E-state index in [-0.39, 0.29) is 50.2 Å². The summed E-state index contributed by atoms with van der Waals surface area (Å²) >= 11 is 0. The van der Waals surface area contributed by atoms with Crippen molar-refractivity contribution >= 4 is 5.97 Å². The number of cyclic esters (lactones) is 1. The first-order valence-corrected chi connectivity index (χ1v) is 27.5. The quantitative estimate of drug-likeness (QED) is 0.116. The van der Waals surface area contributed by atoms with Gasteiger partial charge in [-0.25, -0.2) is 4.79 Å². The van der Waals surface area contributed by atoms with E-state index in [0.29, 0.717) is 12.0 Å². The first-order valence-electron chi connectivity index (χ1n) is 27.5. The van der Waals surface area contributed by atoms with E-state index in [1.165, 1.54) is 42.3 Å². The molecule has 25 unspecified atom stereocenters. The fourth-order valence-corrected chi connectivity index (χ4v) is 11.2. The fourth-order valence-electron chi connectivity index (χ4n) is 11.2. The number of ether oxygens (including phenoxy) is 12. The van der Waals surface area contributed by atoms with Crippen molar-refractivity contribution in [2.75, 3.05) is 35.0 Å². The van der Waals surface area contributed by atoms with Gasteiger partial charge in [0.2, 0.25) is 5.79 Å². The lowest BCUT2D eigenvalue weighted by atomic mass is 9.76. The number of hydrogen-bond donors (Lipinski definition) is 8. The summed E-state index contributed by atoms with van der Waals surface area (Å²) < 4.78 is 72.0. The number of esters is 1. The van der Waals surface area contributed by atoms with E-state index < -0.39 is 152 Å². The summed E-state index contributed by atoms with van der Waals surface area (Å²) in [6.45, 7) is 17.1. The molecular formula is C57H94O21. The topological polar surface area (TPSA) is 290 Å². The number of rotatable bonds is 14. The second-order valence-electron chi connectivity index (χ2n) is 22.5. The van der Waals surface area contributed by atoms with Crippen LogP contribution in [0.1, 0.15) is 108 Å². The van der Waals surface area contributed by atoms with Gasteiger partial charge in [-0.3, -0.25) is 0 Å². The Hall–Kier alpha value is -2.59. The smallest absolute Gasteiger partial charge is 0.334 e. The van der Waals surface area contributed by atoms with Gasteiger partial charge in [0.1, 0.15) is 30.5 Å². The van der Waals surface area contributed by atoms with Crippen molar-refractivity contribution in [3.8, 4) is 0 Å². The maximum Gasteiger partial charge on any atom is 0.334 e. The summed E-state index contributed by atoms with van der Waals surface area (Å²) in [6, 6.07) is 0. The van der Waals surface area contributed by atoms with E-state index in [0.717, 1.165) is 5.57 Å². The highest BCUT2D eigenvalue weighted by Crippen LogP contribution is 2.43. The molecule has 0 radical (unpaired) electrons. The SMILES string of the molecule is COCC(CC1OC(O)(C2OC(=O)C(C)=CC(C)=CC=CC(C)C(OC3OC(C)C(OC)C(O)C3O)C=CC(C)=CCCC(O)C(OC)CC2O)C(C)C(O)C1C)OC1CC(C)(O)C(OC2CC(OC)C(O)C(C)O2)C(C)O1. The van der Waals surface area contributed by atoms with E-state index in [2.05, 4.69) is 0 Å². The molecule has 21 heteroatoms. The number of carbonyl (C=O) groups excluding carboxylic acids is 1. The van der Waals surface area contributed by atoms with E-state index in [4.69, 9.17) is 56.8 Å². The van der Waals surface area contributed by atoms with Crippen LogP contribution < -0.4 is 0 Å². The third-order valence-electron chi connectivity index (χ3n) is 16.1. The summed E-state index contributed by atoms with van der Waals surface area (Å²) in [5.74, 6) is -5.54. The van der Waals surface area contributed by atoms with Gasteiger partial charge >= 0.3 is 5.97 Å². The Labute approximate surface area is 461 Å². The number of methoxy groups -OCH3 is 4. The van der Waals surface area contributed by atoms with Gasteiger partial charge in [-0.05, 0) is 67.4 Å². The zero-order valence-electron chi connectivity index (χ0n) is 48.2. The van der Waals surface area contributed by atoms with Crippen LogP contribution >= 0.6 is 0 Å². The Kier molecular flexibility index (Phi) is 25.1. The van der Waals surface area contributed by atoms with Crippen LogP contribution in [0.3, 0.4) is 0 Å².